The highest BCUT2D eigenvalue weighted by Crippen LogP contribution is 2.19. The average molecular weight is 387 g/mol. The van der Waals surface area contributed by atoms with E-state index in [9.17, 15) is 13.2 Å². The number of hydrogen-bond donors (Lipinski definition) is 1. The van der Waals surface area contributed by atoms with E-state index in [0.29, 0.717) is 25.9 Å². The smallest absolute Gasteiger partial charge is 0.240 e. The fraction of sp³-hybridized carbons (Fsp3) is 0.381. The van der Waals surface area contributed by atoms with E-state index in [1.807, 2.05) is 48.5 Å². The summed E-state index contributed by atoms with van der Waals surface area (Å²) in [6.07, 6.45) is 2.03. The average Bonchev–Trinajstić information content (AvgIpc) is 2.67. The summed E-state index contributed by atoms with van der Waals surface area (Å²) in [5, 5.41) is 0. The minimum Gasteiger partial charge on any atom is -0.337 e. The maximum absolute atomic E-state index is 12.7. The largest absolute Gasteiger partial charge is 0.337 e. The van der Waals surface area contributed by atoms with Gasteiger partial charge in [0.15, 0.2) is 0 Å². The Balaban J connectivity index is 1.51. The number of carbonyl (C=O) groups excluding carboxylic acids is 1. The first-order chi connectivity index (χ1) is 12.9. The Morgan fingerprint density at radius 2 is 1.74 bits per heavy atom. The lowest BCUT2D eigenvalue weighted by atomic mass is 9.99. The van der Waals surface area contributed by atoms with Crippen molar-refractivity contribution in [2.45, 2.75) is 38.8 Å². The fourth-order valence-corrected chi connectivity index (χ4v) is 4.73. The second-order valence-corrected chi connectivity index (χ2v) is 8.90. The van der Waals surface area contributed by atoms with Gasteiger partial charge in [-0.15, -0.1) is 0 Å². The number of fused-ring (bicyclic) bond motifs is 1. The number of nitrogens with one attached hydrogen (secondary N) is 1. The van der Waals surface area contributed by atoms with Crippen molar-refractivity contribution < 1.29 is 13.2 Å². The molecule has 3 rings (SSSR count). The molecule has 0 fully saturated rings. The third-order valence-corrected chi connectivity index (χ3v) is 6.43. The molecule has 0 saturated heterocycles. The molecule has 1 aliphatic heterocycles. The van der Waals surface area contributed by atoms with Crippen molar-refractivity contribution in [2.24, 2.45) is 0 Å². The van der Waals surface area contributed by atoms with Crippen LogP contribution in [0.1, 0.15) is 30.0 Å². The van der Waals surface area contributed by atoms with Crippen LogP contribution in [-0.2, 0) is 34.2 Å². The van der Waals surface area contributed by atoms with Crippen LogP contribution in [0.3, 0.4) is 0 Å². The summed E-state index contributed by atoms with van der Waals surface area (Å²) in [7, 11) is -3.49. The van der Waals surface area contributed by atoms with E-state index >= 15 is 0 Å². The van der Waals surface area contributed by atoms with Gasteiger partial charge < -0.3 is 4.90 Å². The van der Waals surface area contributed by atoms with Crippen molar-refractivity contribution in [1.29, 1.82) is 0 Å². The van der Waals surface area contributed by atoms with Crippen molar-refractivity contribution >= 4 is 15.9 Å². The van der Waals surface area contributed by atoms with Crippen molar-refractivity contribution in [3.8, 4) is 0 Å². The molecule has 6 heteroatoms. The lowest BCUT2D eigenvalue weighted by Crippen LogP contribution is -2.48. The molecule has 0 aliphatic carbocycles. The molecule has 0 aromatic heterocycles. The van der Waals surface area contributed by atoms with Crippen LogP contribution in [0.5, 0.6) is 0 Å². The Morgan fingerprint density at radius 3 is 2.48 bits per heavy atom. The van der Waals surface area contributed by atoms with Gasteiger partial charge in [-0.3, -0.25) is 4.79 Å². The zero-order valence-corrected chi connectivity index (χ0v) is 16.4. The van der Waals surface area contributed by atoms with Crippen LogP contribution in [0, 0.1) is 0 Å². The molecule has 0 unspecified atom stereocenters. The number of aryl methyl sites for hydroxylation is 1. The van der Waals surface area contributed by atoms with Gasteiger partial charge in [0.05, 0.1) is 11.8 Å². The Morgan fingerprint density at radius 1 is 1.07 bits per heavy atom. The second kappa shape index (κ2) is 8.67. The van der Waals surface area contributed by atoms with Crippen LogP contribution in [0.15, 0.2) is 54.6 Å². The standard InChI is InChI=1S/C21H26N2O3S/c1-17(21(24)23-14-13-19-11-5-6-12-20(19)16-23)22-27(25,26)15-7-10-18-8-3-2-4-9-18/h2-6,8-9,11-12,17,22H,7,10,13-16H2,1H3/t17-/m1/s1. The van der Waals surface area contributed by atoms with Gasteiger partial charge in [-0.2, -0.15) is 0 Å². The molecule has 0 radical (unpaired) electrons. The summed E-state index contributed by atoms with van der Waals surface area (Å²) < 4.78 is 27.2. The van der Waals surface area contributed by atoms with Gasteiger partial charge in [-0.1, -0.05) is 54.6 Å². The van der Waals surface area contributed by atoms with E-state index in [1.54, 1.807) is 11.8 Å². The highest BCUT2D eigenvalue weighted by atomic mass is 32.2. The summed E-state index contributed by atoms with van der Waals surface area (Å²) in [6, 6.07) is 17.1. The van der Waals surface area contributed by atoms with Crippen LogP contribution in [0.2, 0.25) is 0 Å². The van der Waals surface area contributed by atoms with Crippen LogP contribution in [-0.4, -0.2) is 37.6 Å². The first-order valence-electron chi connectivity index (χ1n) is 9.34. The van der Waals surface area contributed by atoms with E-state index in [2.05, 4.69) is 10.8 Å². The molecule has 1 amide bonds. The van der Waals surface area contributed by atoms with Crippen LogP contribution < -0.4 is 4.72 Å². The molecule has 2 aromatic rings. The van der Waals surface area contributed by atoms with Crippen LogP contribution in [0.4, 0.5) is 0 Å². The first-order valence-corrected chi connectivity index (χ1v) is 11.0. The molecule has 144 valence electrons. The van der Waals surface area contributed by atoms with E-state index in [1.165, 1.54) is 5.56 Å². The molecule has 1 atom stereocenters. The summed E-state index contributed by atoms with van der Waals surface area (Å²) in [5.74, 6) is -0.154. The summed E-state index contributed by atoms with van der Waals surface area (Å²) in [4.78, 5) is 14.4. The quantitative estimate of drug-likeness (QED) is 0.795. The molecule has 2 aromatic carbocycles. The molecular weight excluding hydrogens is 360 g/mol. The predicted octanol–water partition coefficient (Wildman–Crippen LogP) is 2.51. The molecule has 1 N–H and O–H groups in total. The van der Waals surface area contributed by atoms with Crippen molar-refractivity contribution in [3.05, 3.63) is 71.3 Å². The Labute approximate surface area is 161 Å². The van der Waals surface area contributed by atoms with Gasteiger partial charge >= 0.3 is 0 Å². The Hall–Kier alpha value is -2.18. The monoisotopic (exact) mass is 386 g/mol. The minimum atomic E-state index is -3.49. The van der Waals surface area contributed by atoms with Gasteiger partial charge in [0.25, 0.3) is 0 Å². The van der Waals surface area contributed by atoms with Crippen LogP contribution in [0.25, 0.3) is 0 Å². The van der Waals surface area contributed by atoms with Gasteiger partial charge in [0.2, 0.25) is 15.9 Å². The van der Waals surface area contributed by atoms with E-state index in [0.717, 1.165) is 17.5 Å². The third-order valence-electron chi connectivity index (χ3n) is 4.89. The topological polar surface area (TPSA) is 66.5 Å². The van der Waals surface area contributed by atoms with E-state index in [4.69, 9.17) is 0 Å². The third kappa shape index (κ3) is 5.40. The molecular formula is C21H26N2O3S. The Kier molecular flexibility index (Phi) is 6.29. The fourth-order valence-electron chi connectivity index (χ4n) is 3.45. The molecule has 5 nitrogen and oxygen atoms in total. The normalized spacial score (nSPS) is 15.2. The predicted molar refractivity (Wildman–Crippen MR) is 107 cm³/mol. The Bertz CT molecular complexity index is 881. The van der Waals surface area contributed by atoms with E-state index in [-0.39, 0.29) is 11.7 Å². The molecule has 1 heterocycles. The number of nitrogens with zero attached hydrogens (tertiary/aromatic N) is 1. The highest BCUT2D eigenvalue weighted by molar-refractivity contribution is 7.89. The SMILES string of the molecule is C[C@@H](NS(=O)(=O)CCCc1ccccc1)C(=O)N1CCc2ccccc2C1. The molecule has 0 bridgehead atoms. The van der Waals surface area contributed by atoms with Gasteiger partial charge in [-0.25, -0.2) is 13.1 Å². The summed E-state index contributed by atoms with van der Waals surface area (Å²) in [6.45, 7) is 2.78. The first kappa shape index (κ1) is 19.6. The van der Waals surface area contributed by atoms with Gasteiger partial charge in [0.1, 0.15) is 0 Å². The number of hydrogen-bond acceptors (Lipinski definition) is 3. The highest BCUT2D eigenvalue weighted by Gasteiger charge is 2.27. The number of benzene rings is 2. The van der Waals surface area contributed by atoms with Crippen molar-refractivity contribution in [2.75, 3.05) is 12.3 Å². The zero-order valence-electron chi connectivity index (χ0n) is 15.6. The van der Waals surface area contributed by atoms with Crippen molar-refractivity contribution in [3.63, 3.8) is 0 Å². The summed E-state index contributed by atoms with van der Waals surface area (Å²) in [5.41, 5.74) is 3.51. The molecule has 0 spiro atoms. The lowest BCUT2D eigenvalue weighted by Gasteiger charge is -2.31. The van der Waals surface area contributed by atoms with Crippen molar-refractivity contribution in [1.82, 2.24) is 9.62 Å². The molecule has 1 aliphatic rings. The summed E-state index contributed by atoms with van der Waals surface area (Å²) >= 11 is 0. The van der Waals surface area contributed by atoms with E-state index < -0.39 is 16.1 Å². The minimum absolute atomic E-state index is 0.0162. The van der Waals surface area contributed by atoms with Crippen LogP contribution >= 0.6 is 0 Å². The zero-order chi connectivity index (χ0) is 19.3. The molecule has 27 heavy (non-hydrogen) atoms. The maximum Gasteiger partial charge on any atom is 0.240 e. The number of sulfonamides is 1. The maximum atomic E-state index is 12.7. The lowest BCUT2D eigenvalue weighted by molar-refractivity contribution is -0.133. The number of carbonyl (C=O) groups is 1. The van der Waals surface area contributed by atoms with Gasteiger partial charge in [-0.05, 0) is 42.9 Å². The second-order valence-electron chi connectivity index (χ2n) is 7.03. The molecule has 0 saturated carbocycles. The van der Waals surface area contributed by atoms with Gasteiger partial charge in [0, 0.05) is 13.1 Å². The number of rotatable bonds is 7. The number of amides is 1.